The topological polar surface area (TPSA) is 312 Å². The molecule has 1 unspecified atom stereocenters. The summed E-state index contributed by atoms with van der Waals surface area (Å²) in [6.45, 7) is 1.13. The van der Waals surface area contributed by atoms with Gasteiger partial charge in [-0.25, -0.2) is 5.06 Å². The molecular formula is C43H51N7O14. The van der Waals surface area contributed by atoms with Gasteiger partial charge in [0.15, 0.2) is 46.6 Å². The standard InChI is InChI=1S/C43H51N7O14/c51-32-8-3-20-47(22-5-10-34(53)30-6-1-11-35(54)49(30)63)21-4-9-33(52)27-14-16-29(40(59)38(27)57)42(61)45-18-24-48(25-19-46-43(62)31-7-2-12-36(55)50(31)64)23-17-44-41(60)28-15-13-26(32)37(56)39(28)58/h1-2,6-7,11-16,36,55-59,63-64H,3-5,8-10,17-25H2,(H,44,60)(H,45,61)(H,46,62). The van der Waals surface area contributed by atoms with Crippen molar-refractivity contribution in [2.75, 3.05) is 58.9 Å². The number of pyridine rings is 1. The molecule has 21 heteroatoms. The molecule has 0 spiro atoms. The number of phenols is 4. The Hall–Kier alpha value is -7.07. The fourth-order valence-electron chi connectivity index (χ4n) is 7.12. The van der Waals surface area contributed by atoms with Crippen molar-refractivity contribution in [2.24, 2.45) is 0 Å². The fourth-order valence-corrected chi connectivity index (χ4v) is 7.12. The Morgan fingerprint density at radius 3 is 1.77 bits per heavy atom. The van der Waals surface area contributed by atoms with Crippen molar-refractivity contribution >= 4 is 35.1 Å². The van der Waals surface area contributed by atoms with E-state index in [-0.39, 0.29) is 129 Å². The molecule has 0 radical (unpaired) electrons. The van der Waals surface area contributed by atoms with Gasteiger partial charge < -0.3 is 51.6 Å². The summed E-state index contributed by atoms with van der Waals surface area (Å²) in [6, 6.07) is 8.58. The summed E-state index contributed by atoms with van der Waals surface area (Å²) in [5.74, 6) is -7.03. The number of hydrogen-bond donors (Lipinski definition) is 10. The van der Waals surface area contributed by atoms with E-state index in [1.54, 1.807) is 4.90 Å². The van der Waals surface area contributed by atoms with E-state index in [0.717, 1.165) is 6.07 Å². The number of carbonyl (C=O) groups excluding carboxylic acids is 6. The van der Waals surface area contributed by atoms with Crippen LogP contribution in [-0.4, -0.2) is 156 Å². The van der Waals surface area contributed by atoms with E-state index in [2.05, 4.69) is 16.0 Å². The highest BCUT2D eigenvalue weighted by atomic mass is 16.5. The van der Waals surface area contributed by atoms with Crippen molar-refractivity contribution in [1.82, 2.24) is 35.5 Å². The van der Waals surface area contributed by atoms with Crippen LogP contribution < -0.4 is 21.5 Å². The molecule has 64 heavy (non-hydrogen) atoms. The second kappa shape index (κ2) is 22.3. The Morgan fingerprint density at radius 2 is 1.20 bits per heavy atom. The van der Waals surface area contributed by atoms with Gasteiger partial charge in [0.2, 0.25) is 0 Å². The predicted molar refractivity (Wildman–Crippen MR) is 226 cm³/mol. The molecule has 5 aliphatic rings. The number of aliphatic hydroxyl groups is 1. The number of hydrogen-bond acceptors (Lipinski definition) is 17. The first kappa shape index (κ1) is 48.0. The van der Waals surface area contributed by atoms with Crippen LogP contribution in [0.25, 0.3) is 0 Å². The number of hydroxylamine groups is 2. The van der Waals surface area contributed by atoms with Crippen LogP contribution >= 0.6 is 0 Å². The minimum atomic E-state index is -1.42. The van der Waals surface area contributed by atoms with Gasteiger partial charge in [0.25, 0.3) is 23.3 Å². The molecule has 0 saturated carbocycles. The van der Waals surface area contributed by atoms with E-state index in [1.807, 2.05) is 4.90 Å². The summed E-state index contributed by atoms with van der Waals surface area (Å²) in [6.07, 6.45) is 3.00. The van der Waals surface area contributed by atoms with Gasteiger partial charge in [0, 0.05) is 64.6 Å². The average molecular weight is 890 g/mol. The van der Waals surface area contributed by atoms with Crippen molar-refractivity contribution in [3.8, 4) is 23.0 Å². The zero-order valence-electron chi connectivity index (χ0n) is 34.7. The first-order valence-corrected chi connectivity index (χ1v) is 20.5. The highest BCUT2D eigenvalue weighted by Gasteiger charge is 2.25. The Morgan fingerprint density at radius 1 is 0.688 bits per heavy atom. The van der Waals surface area contributed by atoms with Gasteiger partial charge in [0.05, 0.1) is 22.3 Å². The maximum atomic E-state index is 13.3. The summed E-state index contributed by atoms with van der Waals surface area (Å²) in [4.78, 5) is 93.7. The number of nitrogens with one attached hydrogen (secondary N) is 3. The molecule has 1 aromatic heterocycles. The third kappa shape index (κ3) is 12.1. The average Bonchev–Trinajstić information content (AvgIpc) is 3.26. The van der Waals surface area contributed by atoms with Gasteiger partial charge in [-0.3, -0.25) is 43.7 Å². The molecule has 0 fully saturated rings. The second-order valence-electron chi connectivity index (χ2n) is 15.0. The van der Waals surface area contributed by atoms with Crippen LogP contribution in [0.2, 0.25) is 0 Å². The third-order valence-electron chi connectivity index (χ3n) is 10.7. The quantitative estimate of drug-likeness (QED) is 0.0809. The number of ketones is 3. The lowest BCUT2D eigenvalue weighted by atomic mass is 10.0. The number of phenolic OH excluding ortho intramolecular Hbond substituents is 4. The Kier molecular flexibility index (Phi) is 16.7. The van der Waals surface area contributed by atoms with Gasteiger partial charge in [-0.15, -0.1) is 4.73 Å². The zero-order chi connectivity index (χ0) is 46.5. The SMILES string of the molecule is O=C(NCCN1CCNC(=O)c2ccc(c(O)c2O)C(=O)CCCN(CCCC(=O)c2cccc(=O)n2O)CCCC(=O)c2ccc(c(O)c2O)C(=O)NCC1)C1=CC=CC(O)N1O. The van der Waals surface area contributed by atoms with Gasteiger partial charge in [-0.1, -0.05) is 12.1 Å². The minimum Gasteiger partial charge on any atom is -0.504 e. The number of carbonyl (C=O) groups is 6. The molecule has 10 N–H and O–H groups in total. The number of nitrogens with zero attached hydrogens (tertiary/aromatic N) is 4. The lowest BCUT2D eigenvalue weighted by Gasteiger charge is -2.26. The Balaban J connectivity index is 1.31. The van der Waals surface area contributed by atoms with Crippen LogP contribution in [0.5, 0.6) is 23.0 Å². The second-order valence-corrected chi connectivity index (χ2v) is 15.0. The normalized spacial score (nSPS) is 17.8. The number of allylic oxidation sites excluding steroid dienone is 2. The molecule has 3 aromatic rings. The van der Waals surface area contributed by atoms with Crippen LogP contribution in [0.1, 0.15) is 90.4 Å². The molecule has 8 rings (SSSR count). The monoisotopic (exact) mass is 889 g/mol. The van der Waals surface area contributed by atoms with E-state index in [9.17, 15) is 69.5 Å². The van der Waals surface area contributed by atoms with Crippen LogP contribution in [0, 0.1) is 0 Å². The molecule has 21 nitrogen and oxygen atoms in total. The van der Waals surface area contributed by atoms with Crippen LogP contribution in [0.4, 0.5) is 0 Å². The molecule has 3 amide bonds. The third-order valence-corrected chi connectivity index (χ3v) is 10.7. The smallest absolute Gasteiger partial charge is 0.283 e. The minimum absolute atomic E-state index is 0.00422. The number of aromatic nitrogens is 1. The number of benzene rings is 2. The summed E-state index contributed by atoms with van der Waals surface area (Å²) in [5, 5.41) is 81.2. The first-order valence-electron chi connectivity index (χ1n) is 20.5. The first-order chi connectivity index (χ1) is 30.6. The molecule has 342 valence electrons. The van der Waals surface area contributed by atoms with Gasteiger partial charge in [0.1, 0.15) is 11.4 Å². The van der Waals surface area contributed by atoms with E-state index in [0.29, 0.717) is 11.6 Å². The summed E-state index contributed by atoms with van der Waals surface area (Å²) < 4.78 is 0.268. The zero-order valence-corrected chi connectivity index (χ0v) is 34.7. The van der Waals surface area contributed by atoms with Gasteiger partial charge >= 0.3 is 0 Å². The Labute approximate surface area is 366 Å². The molecule has 4 bridgehead atoms. The van der Waals surface area contributed by atoms with Crippen LogP contribution in [0.3, 0.4) is 0 Å². The van der Waals surface area contributed by atoms with Crippen molar-refractivity contribution in [1.29, 1.82) is 0 Å². The lowest BCUT2D eigenvalue weighted by Crippen LogP contribution is -2.44. The summed E-state index contributed by atoms with van der Waals surface area (Å²) in [7, 11) is 0. The maximum absolute atomic E-state index is 13.3. The number of Topliss-reactive ketones (excluding diaryl/α,β-unsaturated/α-hetero) is 3. The summed E-state index contributed by atoms with van der Waals surface area (Å²) >= 11 is 0. The van der Waals surface area contributed by atoms with Crippen LogP contribution in [-0.2, 0) is 4.79 Å². The van der Waals surface area contributed by atoms with Crippen LogP contribution in [0.15, 0.2) is 71.2 Å². The molecule has 0 saturated heterocycles. The van der Waals surface area contributed by atoms with Crippen molar-refractivity contribution < 1.29 is 64.7 Å². The molecule has 0 aliphatic carbocycles. The summed E-state index contributed by atoms with van der Waals surface area (Å²) in [5.41, 5.74) is -2.24. The number of aromatic hydroxyl groups is 4. The number of rotatable bonds is 9. The molecule has 6 heterocycles. The van der Waals surface area contributed by atoms with Crippen molar-refractivity contribution in [3.05, 3.63) is 105 Å². The molecule has 2 aromatic carbocycles. The predicted octanol–water partition coefficient (Wildman–Crippen LogP) is 0.854. The van der Waals surface area contributed by atoms with E-state index in [4.69, 9.17) is 0 Å². The largest absolute Gasteiger partial charge is 0.504 e. The molecule has 5 aliphatic heterocycles. The van der Waals surface area contributed by atoms with E-state index >= 15 is 0 Å². The van der Waals surface area contributed by atoms with Crippen molar-refractivity contribution in [3.63, 3.8) is 0 Å². The highest BCUT2D eigenvalue weighted by molar-refractivity contribution is 6.04. The molecule has 1 atom stereocenters. The van der Waals surface area contributed by atoms with E-state index in [1.165, 1.54) is 54.6 Å². The van der Waals surface area contributed by atoms with E-state index < -0.39 is 69.9 Å². The Bertz CT molecular complexity index is 2280. The molecular weight excluding hydrogens is 839 g/mol. The number of amides is 3. The van der Waals surface area contributed by atoms with Gasteiger partial charge in [-0.2, -0.15) is 0 Å². The number of aliphatic hydroxyl groups excluding tert-OH is 1. The lowest BCUT2D eigenvalue weighted by molar-refractivity contribution is -0.159. The fraction of sp³-hybridized carbons (Fsp3) is 0.372. The van der Waals surface area contributed by atoms with Gasteiger partial charge in [-0.05, 0) is 81.4 Å². The highest BCUT2D eigenvalue weighted by Crippen LogP contribution is 2.35. The maximum Gasteiger partial charge on any atom is 0.283 e. The van der Waals surface area contributed by atoms with Crippen molar-refractivity contribution in [2.45, 2.75) is 44.8 Å².